The first kappa shape index (κ1) is 13.5. The first-order chi connectivity index (χ1) is 9.06. The molecule has 0 aliphatic carbocycles. The van der Waals surface area contributed by atoms with Gasteiger partial charge in [-0.1, -0.05) is 0 Å². The Morgan fingerprint density at radius 1 is 1.16 bits per heavy atom. The van der Waals surface area contributed by atoms with Gasteiger partial charge in [0.05, 0.1) is 12.0 Å². The molecule has 0 saturated carbocycles. The predicted octanol–water partition coefficient (Wildman–Crippen LogP) is 4.13. The lowest BCUT2D eigenvalue weighted by atomic mass is 10.1. The number of furan rings is 1. The van der Waals surface area contributed by atoms with Crippen molar-refractivity contribution in [3.63, 3.8) is 0 Å². The molecule has 0 radical (unpaired) electrons. The molecule has 0 saturated heterocycles. The molecule has 1 aromatic heterocycles. The lowest BCUT2D eigenvalue weighted by Gasteiger charge is -2.15. The molecule has 1 aromatic carbocycles. The van der Waals surface area contributed by atoms with Crippen LogP contribution in [0.25, 0.3) is 0 Å². The molecule has 19 heavy (non-hydrogen) atoms. The Morgan fingerprint density at radius 3 is 2.58 bits per heavy atom. The number of rotatable bonds is 5. The van der Waals surface area contributed by atoms with Crippen LogP contribution < -0.4 is 5.32 Å². The zero-order valence-electron chi connectivity index (χ0n) is 10.4. The lowest BCUT2D eigenvalue weighted by Crippen LogP contribution is -2.17. The van der Waals surface area contributed by atoms with Gasteiger partial charge in [-0.2, -0.15) is 0 Å². The third-order valence-electron chi connectivity index (χ3n) is 2.82. The van der Waals surface area contributed by atoms with Crippen molar-refractivity contribution in [3.8, 4) is 0 Å². The van der Waals surface area contributed by atoms with Crippen molar-refractivity contribution in [2.24, 2.45) is 0 Å². The van der Waals surface area contributed by atoms with Crippen LogP contribution in [0.4, 0.5) is 18.9 Å². The van der Waals surface area contributed by atoms with E-state index in [2.05, 4.69) is 5.32 Å². The van der Waals surface area contributed by atoms with E-state index in [4.69, 9.17) is 4.42 Å². The van der Waals surface area contributed by atoms with E-state index in [1.807, 2.05) is 13.0 Å². The molecule has 0 spiro atoms. The summed E-state index contributed by atoms with van der Waals surface area (Å²) < 4.78 is 44.4. The second kappa shape index (κ2) is 5.82. The van der Waals surface area contributed by atoms with Gasteiger partial charge in [-0.25, -0.2) is 13.2 Å². The zero-order valence-corrected chi connectivity index (χ0v) is 10.4. The first-order valence-electron chi connectivity index (χ1n) is 5.99. The fraction of sp³-hybridized carbons (Fsp3) is 0.286. The topological polar surface area (TPSA) is 25.2 Å². The molecule has 1 atom stereocenters. The van der Waals surface area contributed by atoms with Gasteiger partial charge in [0, 0.05) is 24.6 Å². The van der Waals surface area contributed by atoms with Gasteiger partial charge in [0.2, 0.25) is 0 Å². The molecule has 2 rings (SSSR count). The fourth-order valence-electron chi connectivity index (χ4n) is 1.78. The smallest absolute Gasteiger partial charge is 0.161 e. The fourth-order valence-corrected chi connectivity index (χ4v) is 1.78. The molecule has 0 bridgehead atoms. The number of hydrogen-bond acceptors (Lipinski definition) is 2. The van der Waals surface area contributed by atoms with Gasteiger partial charge in [-0.15, -0.1) is 0 Å². The quantitative estimate of drug-likeness (QED) is 0.826. The predicted molar refractivity (Wildman–Crippen MR) is 66.4 cm³/mol. The molecule has 0 amide bonds. The van der Waals surface area contributed by atoms with E-state index in [1.54, 1.807) is 12.3 Å². The summed E-state index contributed by atoms with van der Waals surface area (Å²) in [6, 6.07) is 4.92. The minimum Gasteiger partial charge on any atom is -0.469 e. The highest BCUT2D eigenvalue weighted by Crippen LogP contribution is 2.20. The lowest BCUT2D eigenvalue weighted by molar-refractivity contribution is 0.490. The standard InChI is InChI=1S/C14H14F3NO/c1-9(4-5-10-3-2-6-19-10)18-14-8-12(16)11(15)7-13(14)17/h2-3,6-9,18H,4-5H2,1H3. The van der Waals surface area contributed by atoms with E-state index in [9.17, 15) is 13.2 Å². The molecular weight excluding hydrogens is 255 g/mol. The summed E-state index contributed by atoms with van der Waals surface area (Å²) in [4.78, 5) is 0. The van der Waals surface area contributed by atoms with Gasteiger partial charge in [0.15, 0.2) is 11.6 Å². The molecule has 1 heterocycles. The van der Waals surface area contributed by atoms with Crippen LogP contribution in [0.5, 0.6) is 0 Å². The number of aryl methyl sites for hydroxylation is 1. The highest BCUT2D eigenvalue weighted by molar-refractivity contribution is 5.46. The van der Waals surface area contributed by atoms with Crippen molar-refractivity contribution in [2.45, 2.75) is 25.8 Å². The van der Waals surface area contributed by atoms with E-state index in [1.165, 1.54) is 0 Å². The average molecular weight is 269 g/mol. The summed E-state index contributed by atoms with van der Waals surface area (Å²) in [7, 11) is 0. The Kier molecular flexibility index (Phi) is 4.14. The number of anilines is 1. The highest BCUT2D eigenvalue weighted by atomic mass is 19.2. The molecule has 0 aliphatic rings. The largest absolute Gasteiger partial charge is 0.469 e. The van der Waals surface area contributed by atoms with Gasteiger partial charge in [0.25, 0.3) is 0 Å². The van der Waals surface area contributed by atoms with Crippen molar-refractivity contribution < 1.29 is 17.6 Å². The van der Waals surface area contributed by atoms with Crippen LogP contribution in [-0.4, -0.2) is 6.04 Å². The van der Waals surface area contributed by atoms with E-state index in [0.717, 1.165) is 11.8 Å². The highest BCUT2D eigenvalue weighted by Gasteiger charge is 2.12. The Bertz CT molecular complexity index is 540. The van der Waals surface area contributed by atoms with Crippen molar-refractivity contribution in [1.29, 1.82) is 0 Å². The Hall–Kier alpha value is -1.91. The van der Waals surface area contributed by atoms with Crippen molar-refractivity contribution in [1.82, 2.24) is 0 Å². The minimum absolute atomic E-state index is 0.0363. The van der Waals surface area contributed by atoms with E-state index in [-0.39, 0.29) is 11.7 Å². The molecule has 5 heteroatoms. The van der Waals surface area contributed by atoms with Crippen LogP contribution in [0.2, 0.25) is 0 Å². The second-order valence-electron chi connectivity index (χ2n) is 4.41. The molecule has 0 fully saturated rings. The Morgan fingerprint density at radius 2 is 1.89 bits per heavy atom. The van der Waals surface area contributed by atoms with Gasteiger partial charge in [0.1, 0.15) is 11.6 Å². The van der Waals surface area contributed by atoms with Crippen LogP contribution in [-0.2, 0) is 6.42 Å². The van der Waals surface area contributed by atoms with Crippen LogP contribution in [0, 0.1) is 17.5 Å². The van der Waals surface area contributed by atoms with Crippen molar-refractivity contribution in [3.05, 3.63) is 53.7 Å². The number of benzene rings is 1. The maximum atomic E-state index is 13.4. The summed E-state index contributed by atoms with van der Waals surface area (Å²) in [6.07, 6.45) is 2.96. The van der Waals surface area contributed by atoms with Crippen molar-refractivity contribution in [2.75, 3.05) is 5.32 Å². The van der Waals surface area contributed by atoms with Gasteiger partial charge in [-0.05, 0) is 25.5 Å². The molecule has 1 unspecified atom stereocenters. The normalized spacial score (nSPS) is 12.4. The van der Waals surface area contributed by atoms with Crippen LogP contribution >= 0.6 is 0 Å². The molecule has 2 nitrogen and oxygen atoms in total. The van der Waals surface area contributed by atoms with E-state index < -0.39 is 17.5 Å². The van der Waals surface area contributed by atoms with E-state index >= 15 is 0 Å². The Balaban J connectivity index is 1.95. The first-order valence-corrected chi connectivity index (χ1v) is 5.99. The Labute approximate surface area is 109 Å². The summed E-state index contributed by atoms with van der Waals surface area (Å²) in [5.74, 6) is -2.23. The summed E-state index contributed by atoms with van der Waals surface area (Å²) >= 11 is 0. The van der Waals surface area contributed by atoms with E-state index in [0.29, 0.717) is 18.9 Å². The average Bonchev–Trinajstić information content (AvgIpc) is 2.86. The minimum atomic E-state index is -1.19. The van der Waals surface area contributed by atoms with Gasteiger partial charge < -0.3 is 9.73 Å². The molecule has 102 valence electrons. The summed E-state index contributed by atoms with van der Waals surface area (Å²) in [6.45, 7) is 1.84. The SMILES string of the molecule is CC(CCc1ccco1)Nc1cc(F)c(F)cc1F. The monoisotopic (exact) mass is 269 g/mol. The second-order valence-corrected chi connectivity index (χ2v) is 4.41. The van der Waals surface area contributed by atoms with Crippen molar-refractivity contribution >= 4 is 5.69 Å². The zero-order chi connectivity index (χ0) is 13.8. The number of nitrogens with one attached hydrogen (secondary N) is 1. The van der Waals surface area contributed by atoms with Crippen LogP contribution in [0.1, 0.15) is 19.1 Å². The van der Waals surface area contributed by atoms with Crippen LogP contribution in [0.15, 0.2) is 34.9 Å². The number of halogens is 3. The summed E-state index contributed by atoms with van der Waals surface area (Å²) in [5.41, 5.74) is -0.0363. The molecule has 0 aliphatic heterocycles. The number of hydrogen-bond donors (Lipinski definition) is 1. The molecular formula is C14H14F3NO. The molecule has 1 N–H and O–H groups in total. The van der Waals surface area contributed by atoms with Crippen LogP contribution in [0.3, 0.4) is 0 Å². The van der Waals surface area contributed by atoms with Gasteiger partial charge >= 0.3 is 0 Å². The summed E-state index contributed by atoms with van der Waals surface area (Å²) in [5, 5.41) is 2.82. The third kappa shape index (κ3) is 3.53. The maximum Gasteiger partial charge on any atom is 0.161 e. The third-order valence-corrected chi connectivity index (χ3v) is 2.82. The maximum absolute atomic E-state index is 13.4. The van der Waals surface area contributed by atoms with Gasteiger partial charge in [-0.3, -0.25) is 0 Å². The molecule has 2 aromatic rings.